The molecular weight excluding hydrogens is 338 g/mol. The molecule has 0 bridgehead atoms. The smallest absolute Gasteiger partial charge is 0.335 e. The number of anilines is 2. The standard InChI is InChI=1S/C18H15N3O3S/c1-25-16-7-3-5-14(9-16)20-11-13(10-19)17(22)21-15-6-2-4-12(8-15)18(23)24/h2-9,11,20H,1H3,(H,21,22)(H,23,24)/b13-11-. The maximum atomic E-state index is 12.2. The first-order chi connectivity index (χ1) is 12.0. The third kappa shape index (κ3) is 5.12. The largest absolute Gasteiger partial charge is 0.478 e. The van der Waals surface area contributed by atoms with E-state index in [9.17, 15) is 14.9 Å². The zero-order valence-electron chi connectivity index (χ0n) is 13.3. The van der Waals surface area contributed by atoms with Crippen molar-refractivity contribution in [1.29, 1.82) is 5.26 Å². The quantitative estimate of drug-likeness (QED) is 0.417. The van der Waals surface area contributed by atoms with E-state index in [0.29, 0.717) is 5.69 Å². The number of carbonyl (C=O) groups excluding carboxylic acids is 1. The van der Waals surface area contributed by atoms with Gasteiger partial charge in [0, 0.05) is 22.5 Å². The number of hydrogen-bond acceptors (Lipinski definition) is 5. The lowest BCUT2D eigenvalue weighted by atomic mass is 10.2. The van der Waals surface area contributed by atoms with Gasteiger partial charge in [0.1, 0.15) is 11.6 Å². The highest BCUT2D eigenvalue weighted by atomic mass is 32.2. The molecule has 0 fully saturated rings. The minimum Gasteiger partial charge on any atom is -0.478 e. The third-order valence-electron chi connectivity index (χ3n) is 3.19. The van der Waals surface area contributed by atoms with Crippen LogP contribution in [-0.2, 0) is 4.79 Å². The monoisotopic (exact) mass is 353 g/mol. The summed E-state index contributed by atoms with van der Waals surface area (Å²) in [4.78, 5) is 24.2. The lowest BCUT2D eigenvalue weighted by Gasteiger charge is -2.06. The summed E-state index contributed by atoms with van der Waals surface area (Å²) in [6.07, 6.45) is 3.27. The van der Waals surface area contributed by atoms with Crippen molar-refractivity contribution in [3.8, 4) is 6.07 Å². The summed E-state index contributed by atoms with van der Waals surface area (Å²) in [7, 11) is 0. The topological polar surface area (TPSA) is 102 Å². The second-order valence-electron chi connectivity index (χ2n) is 4.89. The van der Waals surface area contributed by atoms with Crippen molar-refractivity contribution in [2.45, 2.75) is 4.90 Å². The number of rotatable bonds is 6. The minimum atomic E-state index is -1.09. The maximum absolute atomic E-state index is 12.2. The lowest BCUT2D eigenvalue weighted by Crippen LogP contribution is -2.15. The van der Waals surface area contributed by atoms with Crippen LogP contribution in [0.15, 0.2) is 65.2 Å². The number of benzene rings is 2. The van der Waals surface area contributed by atoms with Gasteiger partial charge in [-0.05, 0) is 42.7 Å². The molecule has 2 rings (SSSR count). The van der Waals surface area contributed by atoms with Crippen molar-refractivity contribution in [2.75, 3.05) is 16.9 Å². The van der Waals surface area contributed by atoms with Crippen LogP contribution in [0.4, 0.5) is 11.4 Å². The molecule has 0 aliphatic rings. The molecule has 6 nitrogen and oxygen atoms in total. The molecule has 3 N–H and O–H groups in total. The Morgan fingerprint density at radius 2 is 1.88 bits per heavy atom. The van der Waals surface area contributed by atoms with E-state index in [1.165, 1.54) is 24.4 Å². The van der Waals surface area contributed by atoms with Gasteiger partial charge in [-0.15, -0.1) is 11.8 Å². The number of carboxylic acid groups (broad SMARTS) is 1. The van der Waals surface area contributed by atoms with Crippen molar-refractivity contribution < 1.29 is 14.7 Å². The third-order valence-corrected chi connectivity index (χ3v) is 3.91. The van der Waals surface area contributed by atoms with Gasteiger partial charge in [-0.2, -0.15) is 5.26 Å². The molecule has 126 valence electrons. The van der Waals surface area contributed by atoms with Gasteiger partial charge in [0.05, 0.1) is 5.56 Å². The van der Waals surface area contributed by atoms with Gasteiger partial charge >= 0.3 is 5.97 Å². The summed E-state index contributed by atoms with van der Waals surface area (Å²) >= 11 is 1.58. The van der Waals surface area contributed by atoms with Gasteiger partial charge in [0.15, 0.2) is 0 Å². The average molecular weight is 353 g/mol. The normalized spacial score (nSPS) is 10.6. The van der Waals surface area contributed by atoms with Crippen LogP contribution in [0.3, 0.4) is 0 Å². The summed E-state index contributed by atoms with van der Waals surface area (Å²) in [5, 5.41) is 23.6. The predicted octanol–water partition coefficient (Wildman–Crippen LogP) is 3.56. The summed E-state index contributed by atoms with van der Waals surface area (Å²) < 4.78 is 0. The van der Waals surface area contributed by atoms with Crippen molar-refractivity contribution >= 4 is 35.0 Å². The summed E-state index contributed by atoms with van der Waals surface area (Å²) in [5.74, 6) is -1.72. The molecule has 0 aliphatic carbocycles. The van der Waals surface area contributed by atoms with Crippen LogP contribution in [0.25, 0.3) is 0 Å². The second kappa shape index (κ2) is 8.57. The second-order valence-corrected chi connectivity index (χ2v) is 5.77. The summed E-state index contributed by atoms with van der Waals surface area (Å²) in [6, 6.07) is 15.2. The first-order valence-corrected chi connectivity index (χ1v) is 8.41. The number of carbonyl (C=O) groups is 2. The Morgan fingerprint density at radius 3 is 2.56 bits per heavy atom. The molecule has 1 amide bonds. The molecule has 0 aromatic heterocycles. The molecular formula is C18H15N3O3S. The van der Waals surface area contributed by atoms with Crippen LogP contribution in [0.2, 0.25) is 0 Å². The number of nitrogens with zero attached hydrogens (tertiary/aromatic N) is 1. The fourth-order valence-electron chi connectivity index (χ4n) is 1.95. The highest BCUT2D eigenvalue weighted by molar-refractivity contribution is 7.98. The molecule has 0 unspecified atom stereocenters. The highest BCUT2D eigenvalue weighted by Gasteiger charge is 2.11. The van der Waals surface area contributed by atoms with E-state index in [-0.39, 0.29) is 11.1 Å². The summed E-state index contributed by atoms with van der Waals surface area (Å²) in [6.45, 7) is 0. The molecule has 7 heteroatoms. The molecule has 0 heterocycles. The van der Waals surface area contributed by atoms with Crippen LogP contribution >= 0.6 is 11.8 Å². The molecule has 0 saturated heterocycles. The number of aromatic carboxylic acids is 1. The maximum Gasteiger partial charge on any atom is 0.335 e. The molecule has 0 aliphatic heterocycles. The highest BCUT2D eigenvalue weighted by Crippen LogP contribution is 2.19. The molecule has 2 aromatic rings. The number of nitrogens with one attached hydrogen (secondary N) is 2. The Morgan fingerprint density at radius 1 is 1.16 bits per heavy atom. The average Bonchev–Trinajstić information content (AvgIpc) is 2.62. The van der Waals surface area contributed by atoms with E-state index in [1.807, 2.05) is 36.6 Å². The van der Waals surface area contributed by atoms with Gasteiger partial charge in [0.2, 0.25) is 0 Å². The van der Waals surface area contributed by atoms with Gasteiger partial charge < -0.3 is 15.7 Å². The predicted molar refractivity (Wildman–Crippen MR) is 97.6 cm³/mol. The molecule has 0 radical (unpaired) electrons. The first-order valence-electron chi connectivity index (χ1n) is 7.19. The Balaban J connectivity index is 2.11. The van der Waals surface area contributed by atoms with Crippen LogP contribution < -0.4 is 10.6 Å². The number of hydrogen-bond donors (Lipinski definition) is 3. The van der Waals surface area contributed by atoms with Crippen LogP contribution in [0.1, 0.15) is 10.4 Å². The molecule has 25 heavy (non-hydrogen) atoms. The van der Waals surface area contributed by atoms with E-state index in [1.54, 1.807) is 17.8 Å². The van der Waals surface area contributed by atoms with Gasteiger partial charge in [-0.3, -0.25) is 4.79 Å². The Hall–Kier alpha value is -3.24. The van der Waals surface area contributed by atoms with E-state index < -0.39 is 11.9 Å². The van der Waals surface area contributed by atoms with Crippen molar-refractivity contribution in [3.05, 3.63) is 65.9 Å². The van der Waals surface area contributed by atoms with E-state index >= 15 is 0 Å². The van der Waals surface area contributed by atoms with Crippen molar-refractivity contribution in [1.82, 2.24) is 0 Å². The zero-order valence-corrected chi connectivity index (χ0v) is 14.1. The number of thioether (sulfide) groups is 1. The fraction of sp³-hybridized carbons (Fsp3) is 0.0556. The van der Waals surface area contributed by atoms with E-state index in [0.717, 1.165) is 10.6 Å². The number of nitriles is 1. The molecule has 2 aromatic carbocycles. The van der Waals surface area contributed by atoms with Gasteiger partial charge in [-0.25, -0.2) is 4.79 Å². The zero-order chi connectivity index (χ0) is 18.2. The first kappa shape index (κ1) is 18.1. The summed E-state index contributed by atoms with van der Waals surface area (Å²) in [5.41, 5.74) is 0.971. The van der Waals surface area contributed by atoms with Crippen molar-refractivity contribution in [3.63, 3.8) is 0 Å². The van der Waals surface area contributed by atoms with E-state index in [2.05, 4.69) is 10.6 Å². The Kier molecular flexibility index (Phi) is 6.20. The minimum absolute atomic E-state index is 0.0484. The van der Waals surface area contributed by atoms with Crippen LogP contribution in [0.5, 0.6) is 0 Å². The van der Waals surface area contributed by atoms with Crippen molar-refractivity contribution in [2.24, 2.45) is 0 Å². The Labute approximate surface area is 149 Å². The van der Waals surface area contributed by atoms with Crippen LogP contribution in [0, 0.1) is 11.3 Å². The molecule has 0 atom stereocenters. The van der Waals surface area contributed by atoms with Gasteiger partial charge in [-0.1, -0.05) is 12.1 Å². The van der Waals surface area contributed by atoms with Gasteiger partial charge in [0.25, 0.3) is 5.91 Å². The molecule has 0 spiro atoms. The lowest BCUT2D eigenvalue weighted by molar-refractivity contribution is -0.112. The van der Waals surface area contributed by atoms with Crippen LogP contribution in [-0.4, -0.2) is 23.2 Å². The number of amides is 1. The SMILES string of the molecule is CSc1cccc(N/C=C(/C#N)C(=O)Nc2cccc(C(=O)O)c2)c1. The number of carboxylic acids is 1. The molecule has 0 saturated carbocycles. The fourth-order valence-corrected chi connectivity index (χ4v) is 2.40. The Bertz CT molecular complexity index is 872. The van der Waals surface area contributed by atoms with E-state index in [4.69, 9.17) is 5.11 Å².